The van der Waals surface area contributed by atoms with Crippen LogP contribution in [0, 0.1) is 0 Å². The van der Waals surface area contributed by atoms with Gasteiger partial charge in [0.15, 0.2) is 0 Å². The molecule has 0 atom stereocenters. The van der Waals surface area contributed by atoms with E-state index in [2.05, 4.69) is 113 Å². The standard InChI is InChI=1S/C46H28N4O/c1-2-11-31(12-3-1)45-36-23-24-42-44(34-13-4-5-18-41(34)51-42)43(36)35-15-10-14-33(46(35)50-45)30-21-19-29(20-22-30)32-27-39(37-16-6-8-25-47-37)49-40(28-32)38-17-7-9-26-48-38/h1-28H. The number of nitrogens with zero attached hydrogens (tertiary/aromatic N) is 4. The zero-order chi connectivity index (χ0) is 33.7. The van der Waals surface area contributed by atoms with E-state index in [9.17, 15) is 0 Å². The van der Waals surface area contributed by atoms with Gasteiger partial charge >= 0.3 is 0 Å². The minimum atomic E-state index is 0.800. The van der Waals surface area contributed by atoms with Crippen LogP contribution in [0.15, 0.2) is 175 Å². The van der Waals surface area contributed by atoms with E-state index >= 15 is 0 Å². The molecule has 0 saturated carbocycles. The zero-order valence-corrected chi connectivity index (χ0v) is 27.4. The number of rotatable bonds is 5. The van der Waals surface area contributed by atoms with Crippen LogP contribution in [0.5, 0.6) is 0 Å². The lowest BCUT2D eigenvalue weighted by Gasteiger charge is -2.14. The summed E-state index contributed by atoms with van der Waals surface area (Å²) in [6, 6.07) is 54.2. The van der Waals surface area contributed by atoms with Crippen LogP contribution in [0.1, 0.15) is 0 Å². The maximum atomic E-state index is 6.37. The van der Waals surface area contributed by atoms with Crippen LogP contribution < -0.4 is 0 Å². The molecule has 0 unspecified atom stereocenters. The highest BCUT2D eigenvalue weighted by Gasteiger charge is 2.19. The molecule has 0 fully saturated rings. The molecule has 5 aromatic heterocycles. The fourth-order valence-electron chi connectivity index (χ4n) is 7.21. The van der Waals surface area contributed by atoms with Crippen molar-refractivity contribution in [1.29, 1.82) is 0 Å². The summed E-state index contributed by atoms with van der Waals surface area (Å²) in [6.45, 7) is 0. The molecule has 0 saturated heterocycles. The van der Waals surface area contributed by atoms with Crippen molar-refractivity contribution in [2.75, 3.05) is 0 Å². The molecular formula is C46H28N4O. The van der Waals surface area contributed by atoms with Gasteiger partial charge in [-0.2, -0.15) is 0 Å². The summed E-state index contributed by atoms with van der Waals surface area (Å²) in [5.41, 5.74) is 12.2. The van der Waals surface area contributed by atoms with Crippen LogP contribution in [-0.2, 0) is 0 Å². The Morgan fingerprint density at radius 3 is 1.76 bits per heavy atom. The summed E-state index contributed by atoms with van der Waals surface area (Å²) in [5, 5.41) is 5.57. The van der Waals surface area contributed by atoms with Crippen LogP contribution in [0.2, 0.25) is 0 Å². The second-order valence-corrected chi connectivity index (χ2v) is 12.6. The highest BCUT2D eigenvalue weighted by Crippen LogP contribution is 2.43. The van der Waals surface area contributed by atoms with Crippen molar-refractivity contribution in [3.05, 3.63) is 170 Å². The van der Waals surface area contributed by atoms with E-state index < -0.39 is 0 Å². The second kappa shape index (κ2) is 11.9. The molecule has 0 spiro atoms. The van der Waals surface area contributed by atoms with Gasteiger partial charge in [0.05, 0.1) is 34.0 Å². The van der Waals surface area contributed by atoms with Crippen molar-refractivity contribution >= 4 is 43.6 Å². The quantitative estimate of drug-likeness (QED) is 0.173. The fraction of sp³-hybridized carbons (Fsp3) is 0. The molecule has 0 aliphatic carbocycles. The van der Waals surface area contributed by atoms with E-state index in [0.717, 1.165) is 99.9 Å². The highest BCUT2D eigenvalue weighted by atomic mass is 16.3. The first kappa shape index (κ1) is 29.0. The van der Waals surface area contributed by atoms with E-state index in [1.165, 1.54) is 0 Å². The molecule has 10 rings (SSSR count). The highest BCUT2D eigenvalue weighted by molar-refractivity contribution is 6.29. The van der Waals surface area contributed by atoms with Crippen molar-refractivity contribution in [1.82, 2.24) is 19.9 Å². The Hall–Kier alpha value is -6.98. The average Bonchev–Trinajstić information content (AvgIpc) is 3.60. The van der Waals surface area contributed by atoms with Crippen molar-refractivity contribution in [2.45, 2.75) is 0 Å². The largest absolute Gasteiger partial charge is 0.456 e. The van der Waals surface area contributed by atoms with E-state index in [4.69, 9.17) is 14.4 Å². The van der Waals surface area contributed by atoms with E-state index in [1.807, 2.05) is 54.6 Å². The second-order valence-electron chi connectivity index (χ2n) is 12.6. The number of para-hydroxylation sites is 2. The summed E-state index contributed by atoms with van der Waals surface area (Å²) in [4.78, 5) is 19.6. The molecule has 0 radical (unpaired) electrons. The molecule has 0 N–H and O–H groups in total. The summed E-state index contributed by atoms with van der Waals surface area (Å²) in [7, 11) is 0. The topological polar surface area (TPSA) is 64.7 Å². The van der Waals surface area contributed by atoms with Crippen LogP contribution >= 0.6 is 0 Å². The van der Waals surface area contributed by atoms with Gasteiger partial charge in [-0.1, -0.05) is 103 Å². The number of hydrogen-bond donors (Lipinski definition) is 0. The predicted molar refractivity (Wildman–Crippen MR) is 207 cm³/mol. The van der Waals surface area contributed by atoms with Gasteiger partial charge in [-0.25, -0.2) is 9.97 Å². The molecular weight excluding hydrogens is 625 g/mol. The van der Waals surface area contributed by atoms with Crippen LogP contribution in [0.3, 0.4) is 0 Å². The van der Waals surface area contributed by atoms with Gasteiger partial charge in [-0.3, -0.25) is 9.97 Å². The third kappa shape index (κ3) is 4.94. The molecule has 10 aromatic rings. The predicted octanol–water partition coefficient (Wildman–Crippen LogP) is 11.8. The van der Waals surface area contributed by atoms with Crippen molar-refractivity contribution in [2.24, 2.45) is 0 Å². The molecule has 51 heavy (non-hydrogen) atoms. The maximum absolute atomic E-state index is 6.37. The fourth-order valence-corrected chi connectivity index (χ4v) is 7.21. The number of pyridine rings is 4. The molecule has 5 heterocycles. The Balaban J connectivity index is 1.17. The number of furan rings is 1. The molecule has 0 amide bonds. The Bertz CT molecular complexity index is 2830. The van der Waals surface area contributed by atoms with Gasteiger partial charge in [0.25, 0.3) is 0 Å². The van der Waals surface area contributed by atoms with Crippen molar-refractivity contribution in [3.63, 3.8) is 0 Å². The molecule has 0 aliphatic rings. The number of fused-ring (bicyclic) bond motifs is 7. The van der Waals surface area contributed by atoms with Crippen LogP contribution in [-0.4, -0.2) is 19.9 Å². The van der Waals surface area contributed by atoms with Crippen LogP contribution in [0.4, 0.5) is 0 Å². The summed E-state index contributed by atoms with van der Waals surface area (Å²) < 4.78 is 6.37. The Kier molecular flexibility index (Phi) is 6.74. The summed E-state index contributed by atoms with van der Waals surface area (Å²) in [5.74, 6) is 0. The minimum Gasteiger partial charge on any atom is -0.456 e. The average molecular weight is 653 g/mol. The smallest absolute Gasteiger partial charge is 0.136 e. The lowest BCUT2D eigenvalue weighted by atomic mass is 9.93. The van der Waals surface area contributed by atoms with E-state index in [1.54, 1.807) is 12.4 Å². The monoisotopic (exact) mass is 652 g/mol. The minimum absolute atomic E-state index is 0.800. The number of benzene rings is 5. The van der Waals surface area contributed by atoms with Gasteiger partial charge in [0.1, 0.15) is 11.2 Å². The zero-order valence-electron chi connectivity index (χ0n) is 27.4. The first-order valence-corrected chi connectivity index (χ1v) is 17.0. The van der Waals surface area contributed by atoms with Crippen molar-refractivity contribution in [3.8, 4) is 56.3 Å². The Morgan fingerprint density at radius 1 is 0.373 bits per heavy atom. The molecule has 238 valence electrons. The molecule has 5 aromatic carbocycles. The van der Waals surface area contributed by atoms with E-state index in [-0.39, 0.29) is 0 Å². The summed E-state index contributed by atoms with van der Waals surface area (Å²) in [6.07, 6.45) is 3.59. The first-order chi connectivity index (χ1) is 25.3. The Labute approximate surface area is 293 Å². The third-order valence-corrected chi connectivity index (χ3v) is 9.58. The summed E-state index contributed by atoms with van der Waals surface area (Å²) >= 11 is 0. The number of hydrogen-bond acceptors (Lipinski definition) is 5. The van der Waals surface area contributed by atoms with Gasteiger partial charge in [-0.05, 0) is 71.3 Å². The molecule has 0 bridgehead atoms. The molecule has 0 aliphatic heterocycles. The first-order valence-electron chi connectivity index (χ1n) is 17.0. The lowest BCUT2D eigenvalue weighted by molar-refractivity contribution is 0.669. The lowest BCUT2D eigenvalue weighted by Crippen LogP contribution is -1.94. The maximum Gasteiger partial charge on any atom is 0.136 e. The van der Waals surface area contributed by atoms with Gasteiger partial charge in [0, 0.05) is 50.5 Å². The molecule has 5 heteroatoms. The van der Waals surface area contributed by atoms with E-state index in [0.29, 0.717) is 0 Å². The van der Waals surface area contributed by atoms with Crippen molar-refractivity contribution < 1.29 is 4.42 Å². The number of aromatic nitrogens is 4. The third-order valence-electron chi connectivity index (χ3n) is 9.58. The van der Waals surface area contributed by atoms with Gasteiger partial charge in [0.2, 0.25) is 0 Å². The van der Waals surface area contributed by atoms with Gasteiger partial charge < -0.3 is 4.42 Å². The van der Waals surface area contributed by atoms with Crippen LogP contribution in [0.25, 0.3) is 99.9 Å². The Morgan fingerprint density at radius 2 is 1.04 bits per heavy atom. The normalized spacial score (nSPS) is 11.5. The molecule has 5 nitrogen and oxygen atoms in total. The SMILES string of the molecule is c1ccc(-c2nc3c(-c4ccc(-c5cc(-c6ccccn6)nc(-c6ccccn6)c5)cc4)cccc3c3c2ccc2oc4ccccc4c23)cc1. The van der Waals surface area contributed by atoms with Gasteiger partial charge in [-0.15, -0.1) is 0 Å².